The summed E-state index contributed by atoms with van der Waals surface area (Å²) in [7, 11) is 0. The molecule has 1 atom stereocenters. The number of aliphatic carboxylic acids is 1. The Morgan fingerprint density at radius 2 is 2.22 bits per heavy atom. The Morgan fingerprint density at radius 1 is 1.44 bits per heavy atom. The van der Waals surface area contributed by atoms with Gasteiger partial charge in [-0.1, -0.05) is 13.8 Å². The number of carbonyl (C=O) groups is 1. The molecule has 0 aromatic rings. The molecular formula is C14H27NO3. The first kappa shape index (κ1) is 15.4. The summed E-state index contributed by atoms with van der Waals surface area (Å²) in [6.45, 7) is 8.95. The Bertz CT molecular complexity index is 243. The summed E-state index contributed by atoms with van der Waals surface area (Å²) in [4.78, 5) is 13.0. The first-order valence-electron chi connectivity index (χ1n) is 7.10. The van der Waals surface area contributed by atoms with Gasteiger partial charge in [-0.2, -0.15) is 0 Å². The van der Waals surface area contributed by atoms with Crippen molar-refractivity contribution in [2.24, 2.45) is 11.8 Å². The minimum atomic E-state index is -0.671. The standard InChI is InChI=1S/C14H27NO3/c1-12(2)5-8-18-9-7-15-6-3-4-13(11-15)10-14(16)17/h12-13H,3-11H2,1-2H3,(H,16,17). The molecule has 0 saturated carbocycles. The summed E-state index contributed by atoms with van der Waals surface area (Å²) in [6.07, 6.45) is 3.59. The van der Waals surface area contributed by atoms with Crippen molar-refractivity contribution in [3.8, 4) is 0 Å². The number of likely N-dealkylation sites (tertiary alicyclic amines) is 1. The van der Waals surface area contributed by atoms with Crippen molar-refractivity contribution in [2.45, 2.75) is 39.5 Å². The molecular weight excluding hydrogens is 230 g/mol. The number of hydrogen-bond donors (Lipinski definition) is 1. The predicted molar refractivity (Wildman–Crippen MR) is 71.7 cm³/mol. The summed E-state index contributed by atoms with van der Waals surface area (Å²) in [6, 6.07) is 0. The first-order chi connectivity index (χ1) is 8.58. The topological polar surface area (TPSA) is 49.8 Å². The summed E-state index contributed by atoms with van der Waals surface area (Å²) in [5.74, 6) is 0.349. The van der Waals surface area contributed by atoms with Gasteiger partial charge >= 0.3 is 5.97 Å². The van der Waals surface area contributed by atoms with Crippen LogP contribution in [0, 0.1) is 11.8 Å². The van der Waals surface area contributed by atoms with E-state index < -0.39 is 5.97 Å². The third kappa shape index (κ3) is 6.97. The molecule has 0 aliphatic carbocycles. The third-order valence-electron chi connectivity index (χ3n) is 3.46. The maximum Gasteiger partial charge on any atom is 0.303 e. The first-order valence-corrected chi connectivity index (χ1v) is 7.10. The van der Waals surface area contributed by atoms with Gasteiger partial charge in [0.25, 0.3) is 0 Å². The lowest BCUT2D eigenvalue weighted by atomic mass is 9.95. The van der Waals surface area contributed by atoms with Crippen LogP contribution in [-0.2, 0) is 9.53 Å². The average Bonchev–Trinajstić information content (AvgIpc) is 2.27. The van der Waals surface area contributed by atoms with Gasteiger partial charge in [0.05, 0.1) is 6.61 Å². The molecule has 0 amide bonds. The molecule has 0 spiro atoms. The van der Waals surface area contributed by atoms with Crippen LogP contribution in [0.5, 0.6) is 0 Å². The van der Waals surface area contributed by atoms with Gasteiger partial charge in [0.2, 0.25) is 0 Å². The second kappa shape index (κ2) is 8.48. The molecule has 0 radical (unpaired) electrons. The Labute approximate surface area is 110 Å². The summed E-state index contributed by atoms with van der Waals surface area (Å²) in [5.41, 5.74) is 0. The summed E-state index contributed by atoms with van der Waals surface area (Å²) in [5, 5.41) is 8.81. The van der Waals surface area contributed by atoms with E-state index in [4.69, 9.17) is 9.84 Å². The fourth-order valence-corrected chi connectivity index (χ4v) is 2.38. The van der Waals surface area contributed by atoms with Gasteiger partial charge in [-0.05, 0) is 37.6 Å². The van der Waals surface area contributed by atoms with Gasteiger partial charge in [-0.15, -0.1) is 0 Å². The van der Waals surface area contributed by atoms with Gasteiger partial charge in [-0.25, -0.2) is 0 Å². The molecule has 0 aromatic carbocycles. The highest BCUT2D eigenvalue weighted by Gasteiger charge is 2.21. The zero-order valence-corrected chi connectivity index (χ0v) is 11.7. The Hall–Kier alpha value is -0.610. The molecule has 4 heteroatoms. The van der Waals surface area contributed by atoms with Crippen LogP contribution >= 0.6 is 0 Å². The van der Waals surface area contributed by atoms with Gasteiger partial charge in [-0.3, -0.25) is 4.79 Å². The van der Waals surface area contributed by atoms with Crippen molar-refractivity contribution in [1.82, 2.24) is 4.90 Å². The number of rotatable bonds is 8. The molecule has 1 aliphatic rings. The highest BCUT2D eigenvalue weighted by atomic mass is 16.5. The number of carboxylic acid groups (broad SMARTS) is 1. The van der Waals surface area contributed by atoms with Crippen molar-refractivity contribution in [1.29, 1.82) is 0 Å². The van der Waals surface area contributed by atoms with Crippen molar-refractivity contribution in [3.63, 3.8) is 0 Å². The molecule has 1 aliphatic heterocycles. The molecule has 4 nitrogen and oxygen atoms in total. The average molecular weight is 257 g/mol. The van der Waals surface area contributed by atoms with E-state index in [-0.39, 0.29) is 0 Å². The minimum Gasteiger partial charge on any atom is -0.481 e. The zero-order chi connectivity index (χ0) is 13.4. The quantitative estimate of drug-likeness (QED) is 0.677. The van der Waals surface area contributed by atoms with E-state index >= 15 is 0 Å². The Balaban J connectivity index is 2.08. The molecule has 1 saturated heterocycles. The van der Waals surface area contributed by atoms with Crippen molar-refractivity contribution < 1.29 is 14.6 Å². The van der Waals surface area contributed by atoms with Gasteiger partial charge in [0.15, 0.2) is 0 Å². The Kier molecular flexibility index (Phi) is 7.28. The van der Waals surface area contributed by atoms with Crippen LogP contribution < -0.4 is 0 Å². The molecule has 18 heavy (non-hydrogen) atoms. The summed E-state index contributed by atoms with van der Waals surface area (Å²) < 4.78 is 5.61. The predicted octanol–water partition coefficient (Wildman–Crippen LogP) is 2.24. The van der Waals surface area contributed by atoms with Crippen LogP contribution in [0.3, 0.4) is 0 Å². The zero-order valence-electron chi connectivity index (χ0n) is 11.7. The third-order valence-corrected chi connectivity index (χ3v) is 3.46. The lowest BCUT2D eigenvalue weighted by molar-refractivity contribution is -0.138. The van der Waals surface area contributed by atoms with E-state index in [1.807, 2.05) is 0 Å². The van der Waals surface area contributed by atoms with E-state index in [0.29, 0.717) is 18.3 Å². The van der Waals surface area contributed by atoms with Gasteiger partial charge in [0, 0.05) is 26.1 Å². The van der Waals surface area contributed by atoms with Crippen LogP contribution in [0.4, 0.5) is 0 Å². The maximum absolute atomic E-state index is 10.7. The minimum absolute atomic E-state index is 0.310. The Morgan fingerprint density at radius 3 is 2.89 bits per heavy atom. The second-order valence-corrected chi connectivity index (χ2v) is 5.70. The van der Waals surface area contributed by atoms with E-state index in [1.54, 1.807) is 0 Å². The number of nitrogens with zero attached hydrogens (tertiary/aromatic N) is 1. The molecule has 106 valence electrons. The lowest BCUT2D eigenvalue weighted by Crippen LogP contribution is -2.38. The highest BCUT2D eigenvalue weighted by molar-refractivity contribution is 5.67. The van der Waals surface area contributed by atoms with E-state index in [9.17, 15) is 4.79 Å². The van der Waals surface area contributed by atoms with Gasteiger partial charge < -0.3 is 14.7 Å². The lowest BCUT2D eigenvalue weighted by Gasteiger charge is -2.31. The largest absolute Gasteiger partial charge is 0.481 e. The van der Waals surface area contributed by atoms with Crippen molar-refractivity contribution in [3.05, 3.63) is 0 Å². The molecule has 0 bridgehead atoms. The number of ether oxygens (including phenoxy) is 1. The molecule has 1 fully saturated rings. The molecule has 1 unspecified atom stereocenters. The molecule has 1 N–H and O–H groups in total. The maximum atomic E-state index is 10.7. The number of hydrogen-bond acceptors (Lipinski definition) is 3. The summed E-state index contributed by atoms with van der Waals surface area (Å²) >= 11 is 0. The fraction of sp³-hybridized carbons (Fsp3) is 0.929. The van der Waals surface area contributed by atoms with Crippen LogP contribution in [0.1, 0.15) is 39.5 Å². The van der Waals surface area contributed by atoms with Crippen molar-refractivity contribution in [2.75, 3.05) is 32.8 Å². The highest BCUT2D eigenvalue weighted by Crippen LogP contribution is 2.19. The normalized spacial score (nSPS) is 21.4. The van der Waals surface area contributed by atoms with Crippen molar-refractivity contribution >= 4 is 5.97 Å². The SMILES string of the molecule is CC(C)CCOCCN1CCCC(CC(=O)O)C1. The molecule has 1 heterocycles. The van der Waals surface area contributed by atoms with Crippen LogP contribution in [0.25, 0.3) is 0 Å². The monoisotopic (exact) mass is 257 g/mol. The van der Waals surface area contributed by atoms with E-state index in [1.165, 1.54) is 0 Å². The molecule has 1 rings (SSSR count). The number of piperidine rings is 1. The second-order valence-electron chi connectivity index (χ2n) is 5.70. The number of carboxylic acids is 1. The van der Waals surface area contributed by atoms with Crippen LogP contribution in [0.2, 0.25) is 0 Å². The van der Waals surface area contributed by atoms with E-state index in [2.05, 4.69) is 18.7 Å². The molecule has 0 aromatic heterocycles. The smallest absolute Gasteiger partial charge is 0.303 e. The fourth-order valence-electron chi connectivity index (χ4n) is 2.38. The van der Waals surface area contributed by atoms with E-state index in [0.717, 1.165) is 52.1 Å². The van der Waals surface area contributed by atoms with Gasteiger partial charge in [0.1, 0.15) is 0 Å². The van der Waals surface area contributed by atoms with Crippen LogP contribution in [0.15, 0.2) is 0 Å². The van der Waals surface area contributed by atoms with Crippen LogP contribution in [-0.4, -0.2) is 48.8 Å².